The number of carbonyl (C=O) groups excluding carboxylic acids is 1. The molecule has 1 aromatic carbocycles. The number of nitrogens with zero attached hydrogens (tertiary/aromatic N) is 1. The van der Waals surface area contributed by atoms with E-state index in [4.69, 9.17) is 0 Å². The van der Waals surface area contributed by atoms with Crippen molar-refractivity contribution in [3.8, 4) is 0 Å². The maximum atomic E-state index is 12.8. The van der Waals surface area contributed by atoms with Crippen LogP contribution in [-0.2, 0) is 10.0 Å². The quantitative estimate of drug-likeness (QED) is 0.891. The molecule has 1 saturated heterocycles. The van der Waals surface area contributed by atoms with Crippen LogP contribution in [-0.4, -0.2) is 43.0 Å². The topological polar surface area (TPSA) is 66.5 Å². The van der Waals surface area contributed by atoms with Crippen LogP contribution in [0.2, 0.25) is 0 Å². The lowest BCUT2D eigenvalue weighted by Crippen LogP contribution is -2.49. The van der Waals surface area contributed by atoms with Gasteiger partial charge in [0.15, 0.2) is 0 Å². The fourth-order valence-electron chi connectivity index (χ4n) is 3.05. The van der Waals surface area contributed by atoms with Crippen LogP contribution >= 0.6 is 0 Å². The minimum absolute atomic E-state index is 0.00319. The fourth-order valence-corrected chi connectivity index (χ4v) is 4.93. The SMILES string of the molecule is C[C@@H]1CCC[C@@H](C)N1S(=O)(=O)CCNC(=O)c1ccc(F)cc1. The predicted octanol–water partition coefficient (Wildman–Crippen LogP) is 2.15. The number of rotatable bonds is 5. The highest BCUT2D eigenvalue weighted by Crippen LogP contribution is 2.25. The second-order valence-electron chi connectivity index (χ2n) is 6.04. The first-order valence-corrected chi connectivity index (χ1v) is 9.47. The number of hydrogen-bond acceptors (Lipinski definition) is 3. The zero-order chi connectivity index (χ0) is 17.0. The molecule has 0 radical (unpaired) electrons. The van der Waals surface area contributed by atoms with Gasteiger partial charge < -0.3 is 5.32 Å². The normalized spacial score (nSPS) is 22.7. The molecular weight excluding hydrogens is 319 g/mol. The largest absolute Gasteiger partial charge is 0.351 e. The van der Waals surface area contributed by atoms with E-state index in [0.29, 0.717) is 5.56 Å². The molecule has 1 N–H and O–H groups in total. The fraction of sp³-hybridized carbons (Fsp3) is 0.562. The first-order chi connectivity index (χ1) is 10.8. The van der Waals surface area contributed by atoms with E-state index < -0.39 is 21.7 Å². The van der Waals surface area contributed by atoms with E-state index in [-0.39, 0.29) is 24.4 Å². The first-order valence-electron chi connectivity index (χ1n) is 7.86. The molecule has 1 aliphatic rings. The summed E-state index contributed by atoms with van der Waals surface area (Å²) in [7, 11) is -3.41. The summed E-state index contributed by atoms with van der Waals surface area (Å²) in [6.07, 6.45) is 2.77. The third kappa shape index (κ3) is 4.51. The molecule has 1 heterocycles. The molecular formula is C16H23FN2O3S. The number of nitrogens with one attached hydrogen (secondary N) is 1. The van der Waals surface area contributed by atoms with Crippen molar-refractivity contribution in [2.45, 2.75) is 45.2 Å². The zero-order valence-electron chi connectivity index (χ0n) is 13.5. The van der Waals surface area contributed by atoms with E-state index in [9.17, 15) is 17.6 Å². The van der Waals surface area contributed by atoms with E-state index in [1.165, 1.54) is 24.3 Å². The second kappa shape index (κ2) is 7.40. The molecule has 7 heteroatoms. The van der Waals surface area contributed by atoms with Crippen LogP contribution < -0.4 is 5.32 Å². The molecule has 2 rings (SSSR count). The smallest absolute Gasteiger partial charge is 0.251 e. The molecule has 1 fully saturated rings. The molecule has 23 heavy (non-hydrogen) atoms. The molecule has 0 saturated carbocycles. The summed E-state index contributed by atoms with van der Waals surface area (Å²) in [5.74, 6) is -0.952. The van der Waals surface area contributed by atoms with E-state index in [0.717, 1.165) is 19.3 Å². The van der Waals surface area contributed by atoms with Gasteiger partial charge in [-0.1, -0.05) is 6.42 Å². The molecule has 0 aromatic heterocycles. The van der Waals surface area contributed by atoms with Gasteiger partial charge in [-0.2, -0.15) is 4.31 Å². The average Bonchev–Trinajstić information content (AvgIpc) is 2.47. The Morgan fingerprint density at radius 1 is 1.22 bits per heavy atom. The maximum Gasteiger partial charge on any atom is 0.251 e. The van der Waals surface area contributed by atoms with Gasteiger partial charge in [0.05, 0.1) is 5.75 Å². The Kier molecular flexibility index (Phi) is 5.75. The highest BCUT2D eigenvalue weighted by molar-refractivity contribution is 7.89. The molecule has 5 nitrogen and oxygen atoms in total. The number of hydrogen-bond donors (Lipinski definition) is 1. The number of amides is 1. The first kappa shape index (κ1) is 17.9. The molecule has 1 amide bonds. The Morgan fingerprint density at radius 3 is 2.35 bits per heavy atom. The van der Waals surface area contributed by atoms with Gasteiger partial charge >= 0.3 is 0 Å². The molecule has 128 valence electrons. The van der Waals surface area contributed by atoms with Crippen LogP contribution in [0.5, 0.6) is 0 Å². The van der Waals surface area contributed by atoms with Crippen molar-refractivity contribution in [1.29, 1.82) is 0 Å². The van der Waals surface area contributed by atoms with Crippen LogP contribution in [0.15, 0.2) is 24.3 Å². The lowest BCUT2D eigenvalue weighted by Gasteiger charge is -2.37. The number of sulfonamides is 1. The van der Waals surface area contributed by atoms with Crippen molar-refractivity contribution < 1.29 is 17.6 Å². The van der Waals surface area contributed by atoms with Gasteiger partial charge in [-0.25, -0.2) is 12.8 Å². The van der Waals surface area contributed by atoms with E-state index in [2.05, 4.69) is 5.32 Å². The molecule has 0 spiro atoms. The summed E-state index contributed by atoms with van der Waals surface area (Å²) >= 11 is 0. The summed E-state index contributed by atoms with van der Waals surface area (Å²) < 4.78 is 39.4. The molecule has 1 aromatic rings. The lowest BCUT2D eigenvalue weighted by molar-refractivity contribution is 0.0956. The molecule has 1 aliphatic heterocycles. The third-order valence-corrected chi connectivity index (χ3v) is 6.27. The number of piperidine rings is 1. The number of halogens is 1. The van der Waals surface area contributed by atoms with E-state index in [1.54, 1.807) is 4.31 Å². The van der Waals surface area contributed by atoms with E-state index >= 15 is 0 Å². The summed E-state index contributed by atoms with van der Waals surface area (Å²) in [4.78, 5) is 11.9. The minimum Gasteiger partial charge on any atom is -0.351 e. The van der Waals surface area contributed by atoms with Crippen LogP contribution in [0, 0.1) is 5.82 Å². The minimum atomic E-state index is -3.41. The van der Waals surface area contributed by atoms with E-state index in [1.807, 2.05) is 13.8 Å². The van der Waals surface area contributed by atoms with Gasteiger partial charge in [-0.05, 0) is 51.0 Å². The van der Waals surface area contributed by atoms with Crippen molar-refractivity contribution in [2.75, 3.05) is 12.3 Å². The van der Waals surface area contributed by atoms with Crippen molar-refractivity contribution in [1.82, 2.24) is 9.62 Å². The predicted molar refractivity (Wildman–Crippen MR) is 87.1 cm³/mol. The monoisotopic (exact) mass is 342 g/mol. The summed E-state index contributed by atoms with van der Waals surface area (Å²) in [5, 5.41) is 2.58. The highest BCUT2D eigenvalue weighted by Gasteiger charge is 2.34. The molecule has 0 aliphatic carbocycles. The number of carbonyl (C=O) groups is 1. The van der Waals surface area contributed by atoms with Crippen LogP contribution in [0.3, 0.4) is 0 Å². The Morgan fingerprint density at radius 2 is 1.78 bits per heavy atom. The van der Waals surface area contributed by atoms with Crippen molar-refractivity contribution in [3.05, 3.63) is 35.6 Å². The number of benzene rings is 1. The maximum absolute atomic E-state index is 12.8. The van der Waals surface area contributed by atoms with Crippen molar-refractivity contribution >= 4 is 15.9 Å². The summed E-state index contributed by atoms with van der Waals surface area (Å²) in [6.45, 7) is 3.88. The van der Waals surface area contributed by atoms with Gasteiger partial charge in [0.2, 0.25) is 10.0 Å². The molecule has 2 atom stereocenters. The Balaban J connectivity index is 1.91. The van der Waals surface area contributed by atoms with Crippen LogP contribution in [0.1, 0.15) is 43.5 Å². The summed E-state index contributed by atoms with van der Waals surface area (Å²) in [6, 6.07) is 5.13. The van der Waals surface area contributed by atoms with Gasteiger partial charge in [0.25, 0.3) is 5.91 Å². The standard InChI is InChI=1S/C16H23FN2O3S/c1-12-4-3-5-13(2)19(12)23(21,22)11-10-18-16(20)14-6-8-15(17)9-7-14/h6-9,12-13H,3-5,10-11H2,1-2H3,(H,18,20)/t12-,13-/m1/s1. The van der Waals surface area contributed by atoms with Gasteiger partial charge in [-0.15, -0.1) is 0 Å². The van der Waals surface area contributed by atoms with Crippen LogP contribution in [0.25, 0.3) is 0 Å². The van der Waals surface area contributed by atoms with Crippen LogP contribution in [0.4, 0.5) is 4.39 Å². The Hall–Kier alpha value is -1.47. The highest BCUT2D eigenvalue weighted by atomic mass is 32.2. The van der Waals surface area contributed by atoms with Crippen molar-refractivity contribution in [2.24, 2.45) is 0 Å². The van der Waals surface area contributed by atoms with Gasteiger partial charge in [-0.3, -0.25) is 4.79 Å². The zero-order valence-corrected chi connectivity index (χ0v) is 14.3. The van der Waals surface area contributed by atoms with Crippen molar-refractivity contribution in [3.63, 3.8) is 0 Å². The molecule has 0 unspecified atom stereocenters. The lowest BCUT2D eigenvalue weighted by atomic mass is 10.0. The summed E-state index contributed by atoms with van der Waals surface area (Å²) in [5.41, 5.74) is 0.309. The Bertz CT molecular complexity index is 636. The molecule has 0 bridgehead atoms. The van der Waals surface area contributed by atoms with Gasteiger partial charge in [0.1, 0.15) is 5.82 Å². The third-order valence-electron chi connectivity index (χ3n) is 4.19. The Labute approximate surface area is 136 Å². The van der Waals surface area contributed by atoms with Gasteiger partial charge in [0, 0.05) is 24.2 Å². The second-order valence-corrected chi connectivity index (χ2v) is 8.03. The average molecular weight is 342 g/mol.